The molecule has 2 rings (SSSR count). The molecule has 1 aromatic rings. The molecule has 2 nitrogen and oxygen atoms in total. The third-order valence-electron chi connectivity index (χ3n) is 3.15. The normalized spacial score (nSPS) is 24.8. The van der Waals surface area contributed by atoms with Crippen LogP contribution in [0.4, 0.5) is 0 Å². The second-order valence-electron chi connectivity index (χ2n) is 4.25. The smallest absolute Gasteiger partial charge is 0.173 e. The fourth-order valence-corrected chi connectivity index (χ4v) is 2.28. The van der Waals surface area contributed by atoms with E-state index in [9.17, 15) is 9.59 Å². The summed E-state index contributed by atoms with van der Waals surface area (Å²) in [5.41, 5.74) is 1.82. The first-order valence-corrected chi connectivity index (χ1v) is 5.25. The van der Waals surface area contributed by atoms with Crippen LogP contribution in [0.3, 0.4) is 0 Å². The van der Waals surface area contributed by atoms with E-state index in [2.05, 4.69) is 6.92 Å². The van der Waals surface area contributed by atoms with Crippen LogP contribution in [-0.4, -0.2) is 11.6 Å². The first kappa shape index (κ1) is 10.1. The van der Waals surface area contributed by atoms with Gasteiger partial charge in [-0.05, 0) is 24.8 Å². The average molecular weight is 202 g/mol. The molecule has 0 amide bonds. The molecule has 0 saturated carbocycles. The predicted molar refractivity (Wildman–Crippen MR) is 58.0 cm³/mol. The van der Waals surface area contributed by atoms with Gasteiger partial charge in [0.15, 0.2) is 5.78 Å². The van der Waals surface area contributed by atoms with Crippen molar-refractivity contribution in [2.45, 2.75) is 26.2 Å². The zero-order valence-electron chi connectivity index (χ0n) is 8.99. The van der Waals surface area contributed by atoms with E-state index in [1.807, 2.05) is 24.3 Å². The van der Waals surface area contributed by atoms with Crippen molar-refractivity contribution in [2.75, 3.05) is 0 Å². The van der Waals surface area contributed by atoms with E-state index in [-0.39, 0.29) is 11.6 Å². The molecule has 1 aromatic carbocycles. The van der Waals surface area contributed by atoms with Gasteiger partial charge in [0, 0.05) is 5.56 Å². The van der Waals surface area contributed by atoms with Gasteiger partial charge in [0.2, 0.25) is 0 Å². The molecule has 0 radical (unpaired) electrons. The summed E-state index contributed by atoms with van der Waals surface area (Å²) in [7, 11) is 0. The van der Waals surface area contributed by atoms with Gasteiger partial charge in [-0.15, -0.1) is 0 Å². The second kappa shape index (κ2) is 3.61. The fourth-order valence-electron chi connectivity index (χ4n) is 2.28. The lowest BCUT2D eigenvalue weighted by atomic mass is 9.75. The van der Waals surface area contributed by atoms with Crippen molar-refractivity contribution in [3.8, 4) is 0 Å². The lowest BCUT2D eigenvalue weighted by Crippen LogP contribution is -2.29. The van der Waals surface area contributed by atoms with E-state index in [1.165, 1.54) is 6.92 Å². The standard InChI is InChI=1S/C13H14O2/c1-8-7-12(9(2)14)13(15)11-6-4-3-5-10(8)11/h3-6,8,12H,7H2,1-2H3. The van der Waals surface area contributed by atoms with Crippen LogP contribution in [0.15, 0.2) is 24.3 Å². The minimum atomic E-state index is -0.421. The highest BCUT2D eigenvalue weighted by molar-refractivity contribution is 6.11. The maximum absolute atomic E-state index is 12.0. The highest BCUT2D eigenvalue weighted by Gasteiger charge is 2.33. The van der Waals surface area contributed by atoms with Crippen LogP contribution in [0.25, 0.3) is 0 Å². The highest BCUT2D eigenvalue weighted by Crippen LogP contribution is 2.34. The molecule has 0 heterocycles. The molecular formula is C13H14O2. The molecule has 0 spiro atoms. The molecule has 2 atom stereocenters. The average Bonchev–Trinajstić information content (AvgIpc) is 2.23. The number of carbonyl (C=O) groups is 2. The molecule has 15 heavy (non-hydrogen) atoms. The van der Waals surface area contributed by atoms with Crippen molar-refractivity contribution < 1.29 is 9.59 Å². The Hall–Kier alpha value is -1.44. The third kappa shape index (κ3) is 1.60. The maximum atomic E-state index is 12.0. The predicted octanol–water partition coefficient (Wildman–Crippen LogP) is 2.58. The lowest BCUT2D eigenvalue weighted by molar-refractivity contribution is -0.119. The first-order chi connectivity index (χ1) is 7.11. The molecule has 2 heteroatoms. The molecule has 2 unspecified atom stereocenters. The quantitative estimate of drug-likeness (QED) is 0.656. The Morgan fingerprint density at radius 2 is 2.00 bits per heavy atom. The van der Waals surface area contributed by atoms with Gasteiger partial charge in [0.25, 0.3) is 0 Å². The Morgan fingerprint density at radius 3 is 2.67 bits per heavy atom. The van der Waals surface area contributed by atoms with Gasteiger partial charge in [-0.25, -0.2) is 0 Å². The van der Waals surface area contributed by atoms with Gasteiger partial charge in [0.1, 0.15) is 5.78 Å². The minimum Gasteiger partial charge on any atom is -0.299 e. The highest BCUT2D eigenvalue weighted by atomic mass is 16.1. The Kier molecular flexibility index (Phi) is 2.43. The number of rotatable bonds is 1. The lowest BCUT2D eigenvalue weighted by Gasteiger charge is -2.26. The van der Waals surface area contributed by atoms with Gasteiger partial charge >= 0.3 is 0 Å². The van der Waals surface area contributed by atoms with Crippen LogP contribution in [0.1, 0.15) is 42.1 Å². The van der Waals surface area contributed by atoms with Crippen LogP contribution < -0.4 is 0 Å². The van der Waals surface area contributed by atoms with E-state index in [0.29, 0.717) is 12.3 Å². The van der Waals surface area contributed by atoms with Crippen molar-refractivity contribution in [1.29, 1.82) is 0 Å². The number of hydrogen-bond donors (Lipinski definition) is 0. The summed E-state index contributed by atoms with van der Waals surface area (Å²) >= 11 is 0. The van der Waals surface area contributed by atoms with Crippen LogP contribution in [0.2, 0.25) is 0 Å². The second-order valence-corrected chi connectivity index (χ2v) is 4.25. The molecule has 78 valence electrons. The van der Waals surface area contributed by atoms with Crippen molar-refractivity contribution in [2.24, 2.45) is 5.92 Å². The Bertz CT molecular complexity index is 420. The molecule has 0 N–H and O–H groups in total. The summed E-state index contributed by atoms with van der Waals surface area (Å²) < 4.78 is 0. The van der Waals surface area contributed by atoms with Gasteiger partial charge in [-0.3, -0.25) is 9.59 Å². The summed E-state index contributed by atoms with van der Waals surface area (Å²) in [4.78, 5) is 23.3. The van der Waals surface area contributed by atoms with Gasteiger partial charge in [-0.1, -0.05) is 31.2 Å². The molecule has 1 aliphatic carbocycles. The fraction of sp³-hybridized carbons (Fsp3) is 0.385. The van der Waals surface area contributed by atoms with Crippen LogP contribution >= 0.6 is 0 Å². The number of hydrogen-bond acceptors (Lipinski definition) is 2. The van der Waals surface area contributed by atoms with E-state index in [0.717, 1.165) is 11.1 Å². The molecular weight excluding hydrogens is 188 g/mol. The summed E-state index contributed by atoms with van der Waals surface area (Å²) in [6.07, 6.45) is 0.658. The topological polar surface area (TPSA) is 34.1 Å². The molecule has 0 fully saturated rings. The Labute approximate surface area is 89.3 Å². The Balaban J connectivity index is 2.49. The summed E-state index contributed by atoms with van der Waals surface area (Å²) in [5, 5.41) is 0. The third-order valence-corrected chi connectivity index (χ3v) is 3.15. The molecule has 0 saturated heterocycles. The number of carbonyl (C=O) groups excluding carboxylic acids is 2. The zero-order valence-corrected chi connectivity index (χ0v) is 8.99. The zero-order chi connectivity index (χ0) is 11.0. The summed E-state index contributed by atoms with van der Waals surface area (Å²) in [6.45, 7) is 3.57. The van der Waals surface area contributed by atoms with E-state index >= 15 is 0 Å². The molecule has 0 bridgehead atoms. The van der Waals surface area contributed by atoms with E-state index in [4.69, 9.17) is 0 Å². The molecule has 0 aliphatic heterocycles. The van der Waals surface area contributed by atoms with Gasteiger partial charge < -0.3 is 0 Å². The van der Waals surface area contributed by atoms with Crippen molar-refractivity contribution >= 4 is 11.6 Å². The Morgan fingerprint density at radius 1 is 1.33 bits per heavy atom. The SMILES string of the molecule is CC(=O)C1CC(C)c2ccccc2C1=O. The largest absolute Gasteiger partial charge is 0.299 e. The monoisotopic (exact) mass is 202 g/mol. The maximum Gasteiger partial charge on any atom is 0.173 e. The van der Waals surface area contributed by atoms with Crippen molar-refractivity contribution in [3.63, 3.8) is 0 Å². The first-order valence-electron chi connectivity index (χ1n) is 5.25. The van der Waals surface area contributed by atoms with E-state index in [1.54, 1.807) is 0 Å². The van der Waals surface area contributed by atoms with Crippen molar-refractivity contribution in [1.82, 2.24) is 0 Å². The number of ketones is 2. The summed E-state index contributed by atoms with van der Waals surface area (Å²) in [6, 6.07) is 7.60. The van der Waals surface area contributed by atoms with Crippen LogP contribution in [0, 0.1) is 5.92 Å². The summed E-state index contributed by atoms with van der Waals surface area (Å²) in [5.74, 6) is -0.139. The number of fused-ring (bicyclic) bond motifs is 1. The number of Topliss-reactive ketones (excluding diaryl/α,β-unsaturated/α-hetero) is 2. The van der Waals surface area contributed by atoms with Crippen LogP contribution in [-0.2, 0) is 4.79 Å². The molecule has 1 aliphatic rings. The molecule has 0 aromatic heterocycles. The van der Waals surface area contributed by atoms with Crippen LogP contribution in [0.5, 0.6) is 0 Å². The number of benzene rings is 1. The minimum absolute atomic E-state index is 0.00352. The van der Waals surface area contributed by atoms with Gasteiger partial charge in [-0.2, -0.15) is 0 Å². The van der Waals surface area contributed by atoms with Crippen molar-refractivity contribution in [3.05, 3.63) is 35.4 Å². The van der Waals surface area contributed by atoms with Gasteiger partial charge in [0.05, 0.1) is 5.92 Å². The van der Waals surface area contributed by atoms with E-state index < -0.39 is 5.92 Å².